The van der Waals surface area contributed by atoms with Gasteiger partial charge >= 0.3 is 0 Å². The van der Waals surface area contributed by atoms with E-state index < -0.39 is 14.6 Å². The summed E-state index contributed by atoms with van der Waals surface area (Å²) in [6, 6.07) is 15.9. The first-order chi connectivity index (χ1) is 13.1. The average Bonchev–Trinajstić information content (AvgIpc) is 2.70. The van der Waals surface area contributed by atoms with E-state index in [0.29, 0.717) is 44.0 Å². The maximum absolute atomic E-state index is 13.4. The number of benzene rings is 2. The van der Waals surface area contributed by atoms with Crippen molar-refractivity contribution in [3.63, 3.8) is 0 Å². The topological polar surface area (TPSA) is 73.9 Å². The lowest BCUT2D eigenvalue weighted by Crippen LogP contribution is -2.51. The Hall–Kier alpha value is -1.93. The lowest BCUT2D eigenvalue weighted by Gasteiger charge is -2.36. The minimum absolute atomic E-state index is 0.0210. The molecule has 0 radical (unpaired) electrons. The van der Waals surface area contributed by atoms with Crippen LogP contribution in [0.4, 0.5) is 0 Å². The lowest BCUT2D eigenvalue weighted by molar-refractivity contribution is -0.296. The van der Waals surface area contributed by atoms with E-state index in [4.69, 9.17) is 14.5 Å². The zero-order valence-electron chi connectivity index (χ0n) is 15.4. The number of nitrogens with one attached hydrogen (secondary N) is 1. The molecule has 2 aromatic carbocycles. The third kappa shape index (κ3) is 4.50. The molecule has 0 saturated carbocycles. The summed E-state index contributed by atoms with van der Waals surface area (Å²) >= 11 is 0. The number of ether oxygens (including phenoxy) is 1. The van der Waals surface area contributed by atoms with Crippen LogP contribution >= 0.6 is 0 Å². The minimum Gasteiger partial charge on any atom is -0.457 e. The molecular formula is C20H25NO5S. The van der Waals surface area contributed by atoms with E-state index in [0.717, 1.165) is 0 Å². The summed E-state index contributed by atoms with van der Waals surface area (Å²) in [5.74, 6) is 1.29. The summed E-state index contributed by atoms with van der Waals surface area (Å²) in [6.45, 7) is 3.45. The fourth-order valence-electron chi connectivity index (χ4n) is 3.17. The van der Waals surface area contributed by atoms with Gasteiger partial charge in [-0.05, 0) is 69.3 Å². The molecule has 0 unspecified atom stereocenters. The van der Waals surface area contributed by atoms with Crippen molar-refractivity contribution in [2.24, 2.45) is 0 Å². The fraction of sp³-hybridized carbons (Fsp3) is 0.400. The van der Waals surface area contributed by atoms with Crippen LogP contribution in [0.1, 0.15) is 19.8 Å². The quantitative estimate of drug-likeness (QED) is 0.423. The summed E-state index contributed by atoms with van der Waals surface area (Å²) in [7, 11) is -3.59. The molecule has 1 aliphatic heterocycles. The molecular weight excluding hydrogens is 366 g/mol. The molecule has 1 saturated heterocycles. The number of rotatable bonds is 8. The summed E-state index contributed by atoms with van der Waals surface area (Å²) in [6.07, 6.45) is 0.954. The minimum atomic E-state index is -3.59. The molecule has 1 aliphatic rings. The Morgan fingerprint density at radius 2 is 1.56 bits per heavy atom. The van der Waals surface area contributed by atoms with Gasteiger partial charge in [0.1, 0.15) is 22.9 Å². The van der Waals surface area contributed by atoms with Crippen LogP contribution in [0.5, 0.6) is 11.5 Å². The van der Waals surface area contributed by atoms with Crippen molar-refractivity contribution in [3.05, 3.63) is 54.6 Å². The van der Waals surface area contributed by atoms with Crippen LogP contribution in [-0.2, 0) is 19.6 Å². The summed E-state index contributed by atoms with van der Waals surface area (Å²) in [5, 5.41) is 3.21. The fourth-order valence-corrected chi connectivity index (χ4v) is 5.11. The normalized spacial score (nSPS) is 16.8. The van der Waals surface area contributed by atoms with Gasteiger partial charge in [-0.25, -0.2) is 18.2 Å². The van der Waals surface area contributed by atoms with E-state index in [-0.39, 0.29) is 11.5 Å². The molecule has 1 N–H and O–H groups in total. The van der Waals surface area contributed by atoms with Crippen LogP contribution in [0.3, 0.4) is 0 Å². The van der Waals surface area contributed by atoms with E-state index in [1.54, 1.807) is 31.2 Å². The monoisotopic (exact) mass is 391 g/mol. The molecule has 0 amide bonds. The Labute approximate surface area is 160 Å². The van der Waals surface area contributed by atoms with Crippen molar-refractivity contribution in [2.45, 2.75) is 29.4 Å². The second-order valence-corrected chi connectivity index (χ2v) is 8.84. The maximum atomic E-state index is 13.4. The lowest BCUT2D eigenvalue weighted by atomic mass is 9.98. The number of sulfone groups is 1. The van der Waals surface area contributed by atoms with Gasteiger partial charge in [-0.15, -0.1) is 0 Å². The molecule has 0 spiro atoms. The van der Waals surface area contributed by atoms with Crippen LogP contribution in [0.25, 0.3) is 0 Å². The first-order valence-electron chi connectivity index (χ1n) is 9.10. The van der Waals surface area contributed by atoms with Crippen molar-refractivity contribution in [2.75, 3.05) is 26.3 Å². The molecule has 0 bridgehead atoms. The van der Waals surface area contributed by atoms with E-state index in [9.17, 15) is 8.42 Å². The van der Waals surface area contributed by atoms with E-state index in [2.05, 4.69) is 5.32 Å². The maximum Gasteiger partial charge on any atom is 0.186 e. The molecule has 0 aliphatic carbocycles. The highest BCUT2D eigenvalue weighted by Gasteiger charge is 2.46. The molecule has 146 valence electrons. The highest BCUT2D eigenvalue weighted by Crippen LogP contribution is 2.35. The predicted octanol–water partition coefficient (Wildman–Crippen LogP) is 3.34. The van der Waals surface area contributed by atoms with Gasteiger partial charge < -0.3 is 10.1 Å². The SMILES string of the molecule is CCOOCC1(S(=O)(=O)c2ccc(Oc3ccccc3)cc2)CCNCC1. The first kappa shape index (κ1) is 19.8. The zero-order valence-corrected chi connectivity index (χ0v) is 16.2. The van der Waals surface area contributed by atoms with Crippen LogP contribution < -0.4 is 10.1 Å². The Balaban J connectivity index is 1.81. The van der Waals surface area contributed by atoms with E-state index in [1.807, 2.05) is 30.3 Å². The Morgan fingerprint density at radius 1 is 0.926 bits per heavy atom. The number of hydrogen-bond donors (Lipinski definition) is 1. The number of piperidine rings is 1. The van der Waals surface area contributed by atoms with Gasteiger partial charge in [-0.3, -0.25) is 0 Å². The second kappa shape index (κ2) is 8.84. The highest BCUT2D eigenvalue weighted by atomic mass is 32.2. The van der Waals surface area contributed by atoms with Gasteiger partial charge in [0.2, 0.25) is 0 Å². The molecule has 1 heterocycles. The zero-order chi connectivity index (χ0) is 19.2. The van der Waals surface area contributed by atoms with E-state index in [1.165, 1.54) is 0 Å². The number of para-hydroxylation sites is 1. The van der Waals surface area contributed by atoms with Crippen LogP contribution in [0.2, 0.25) is 0 Å². The summed E-state index contributed by atoms with van der Waals surface area (Å²) in [4.78, 5) is 10.4. The van der Waals surface area contributed by atoms with Gasteiger partial charge in [0.05, 0.1) is 11.5 Å². The van der Waals surface area contributed by atoms with Crippen LogP contribution in [0, 0.1) is 0 Å². The highest BCUT2D eigenvalue weighted by molar-refractivity contribution is 7.92. The van der Waals surface area contributed by atoms with Crippen molar-refractivity contribution in [1.82, 2.24) is 5.32 Å². The molecule has 1 fully saturated rings. The van der Waals surface area contributed by atoms with Crippen molar-refractivity contribution < 1.29 is 22.9 Å². The molecule has 27 heavy (non-hydrogen) atoms. The summed E-state index contributed by atoms with van der Waals surface area (Å²) in [5.41, 5.74) is 0. The number of hydrogen-bond acceptors (Lipinski definition) is 6. The van der Waals surface area contributed by atoms with Crippen molar-refractivity contribution in [1.29, 1.82) is 0 Å². The Bertz CT molecular complexity index is 815. The second-order valence-electron chi connectivity index (χ2n) is 6.49. The molecule has 0 aromatic heterocycles. The van der Waals surface area contributed by atoms with Crippen LogP contribution in [0.15, 0.2) is 59.5 Å². The van der Waals surface area contributed by atoms with Crippen LogP contribution in [-0.4, -0.2) is 39.5 Å². The Morgan fingerprint density at radius 3 is 2.19 bits per heavy atom. The first-order valence-corrected chi connectivity index (χ1v) is 10.6. The third-order valence-electron chi connectivity index (χ3n) is 4.72. The van der Waals surface area contributed by atoms with Gasteiger partial charge in [-0.1, -0.05) is 18.2 Å². The molecule has 3 rings (SSSR count). The van der Waals surface area contributed by atoms with E-state index >= 15 is 0 Å². The third-order valence-corrected chi connectivity index (χ3v) is 7.28. The largest absolute Gasteiger partial charge is 0.457 e. The smallest absolute Gasteiger partial charge is 0.186 e. The average molecular weight is 391 g/mol. The van der Waals surface area contributed by atoms with Gasteiger partial charge in [0, 0.05) is 0 Å². The molecule has 2 aromatic rings. The van der Waals surface area contributed by atoms with Gasteiger partial charge in [0.15, 0.2) is 9.84 Å². The van der Waals surface area contributed by atoms with Crippen molar-refractivity contribution in [3.8, 4) is 11.5 Å². The molecule has 7 heteroatoms. The van der Waals surface area contributed by atoms with Gasteiger partial charge in [-0.2, -0.15) is 0 Å². The predicted molar refractivity (Wildman–Crippen MR) is 103 cm³/mol. The summed E-state index contributed by atoms with van der Waals surface area (Å²) < 4.78 is 31.5. The van der Waals surface area contributed by atoms with Gasteiger partial charge in [0.25, 0.3) is 0 Å². The standard InChI is InChI=1S/C20H25NO5S/c1-2-24-25-16-20(12-14-21-15-13-20)27(22,23)19-10-8-18(9-11-19)26-17-6-4-3-5-7-17/h3-11,21H,2,12-16H2,1H3. The Kier molecular flexibility index (Phi) is 6.49. The molecule has 0 atom stereocenters. The van der Waals surface area contributed by atoms with Crippen molar-refractivity contribution >= 4 is 9.84 Å². The molecule has 6 nitrogen and oxygen atoms in total.